The summed E-state index contributed by atoms with van der Waals surface area (Å²) in [7, 11) is 0. The van der Waals surface area contributed by atoms with Crippen LogP contribution >= 0.6 is 12.6 Å². The number of carboxylic acid groups (broad SMARTS) is 2. The van der Waals surface area contributed by atoms with Crippen LogP contribution in [0.3, 0.4) is 0 Å². The van der Waals surface area contributed by atoms with E-state index in [9.17, 15) is 68.1 Å². The number of nitrogens with one attached hydrogen (secondary N) is 10. The molecule has 0 saturated heterocycles. The molecule has 0 spiro atoms. The van der Waals surface area contributed by atoms with Gasteiger partial charge < -0.3 is 96.8 Å². The van der Waals surface area contributed by atoms with E-state index in [4.69, 9.17) is 28.7 Å². The second kappa shape index (κ2) is 34.1. The fourth-order valence-corrected chi connectivity index (χ4v) is 6.80. The topological polar surface area (TPSA) is 528 Å². The lowest BCUT2D eigenvalue weighted by Crippen LogP contribution is -2.61. The van der Waals surface area contributed by atoms with Gasteiger partial charge in [0, 0.05) is 30.6 Å². The number of aliphatic hydroxyl groups is 1. The van der Waals surface area contributed by atoms with Gasteiger partial charge in [-0.2, -0.15) is 12.6 Å². The standard InChI is InChI=1S/C41H71N17O14S/c1-20(51-35(65)27(15-29(44)60)56-36(66)26(57-41(71)72)14-22-16-47-19-50-22)32(62)53-24(9-4-6-12-43)34(64)58-31(21(2)59)38(68)54-23(8-3-5-11-42)33(63)49-17-30(61)52-28(18-73)37(67)55-25(39(69)70)10-7-13-48-40(45)46/h16,19-21,23-28,31,57,59,73H,3-15,17-18,42-43H2,1-2H3,(H2,44,60)(H,47,50)(H,49,63)(H,51,65)(H,52,61)(H,53,62)(H,54,68)(H,55,67)(H,56,66)(H,58,64)(H,69,70)(H,71,72)(H4,45,46,48)/t20-,21+,23+,24-,25-,26-,27-,28+,31-/m0/s1. The number of imidazole rings is 1. The number of aromatic amines is 1. The van der Waals surface area contributed by atoms with Crippen molar-refractivity contribution in [2.45, 2.75) is 132 Å². The molecule has 1 aromatic rings. The maximum atomic E-state index is 13.8. The van der Waals surface area contributed by atoms with Gasteiger partial charge in [-0.05, 0) is 78.3 Å². The third kappa shape index (κ3) is 25.6. The first-order valence-electron chi connectivity index (χ1n) is 23.1. The molecule has 0 aliphatic heterocycles. The number of hydrogen-bond acceptors (Lipinski definition) is 17. The number of carboxylic acids is 1. The average molecular weight is 1060 g/mol. The summed E-state index contributed by atoms with van der Waals surface area (Å²) in [4.78, 5) is 152. The van der Waals surface area contributed by atoms with Crippen molar-refractivity contribution in [1.82, 2.24) is 57.8 Å². The normalized spacial score (nSPS) is 14.5. The van der Waals surface area contributed by atoms with Crippen LogP contribution in [0.5, 0.6) is 0 Å². The Kier molecular flexibility index (Phi) is 29.8. The predicted octanol–water partition coefficient (Wildman–Crippen LogP) is -7.30. The van der Waals surface area contributed by atoms with Crippen LogP contribution in [-0.4, -0.2) is 183 Å². The number of H-pyrrole nitrogens is 1. The number of aromatic nitrogens is 2. The molecule has 0 fully saturated rings. The van der Waals surface area contributed by atoms with Crippen LogP contribution < -0.4 is 76.5 Å². The van der Waals surface area contributed by atoms with E-state index in [2.05, 4.69) is 70.1 Å². The summed E-state index contributed by atoms with van der Waals surface area (Å²) < 4.78 is 0. The van der Waals surface area contributed by atoms with Crippen molar-refractivity contribution in [3.8, 4) is 0 Å². The molecular weight excluding hydrogens is 987 g/mol. The van der Waals surface area contributed by atoms with E-state index in [1.165, 1.54) is 19.4 Å². The van der Waals surface area contributed by atoms with Gasteiger partial charge in [-0.15, -0.1) is 0 Å². The van der Waals surface area contributed by atoms with E-state index in [-0.39, 0.29) is 69.9 Å². The lowest BCUT2D eigenvalue weighted by Gasteiger charge is -2.27. The monoisotopic (exact) mass is 1060 g/mol. The second-order valence-corrected chi connectivity index (χ2v) is 16.9. The first kappa shape index (κ1) is 63.7. The fourth-order valence-electron chi connectivity index (χ4n) is 6.54. The van der Waals surface area contributed by atoms with Crippen molar-refractivity contribution in [3.05, 3.63) is 18.2 Å². The lowest BCUT2D eigenvalue weighted by atomic mass is 10.0. The smallest absolute Gasteiger partial charge is 0.405 e. The zero-order valence-electron chi connectivity index (χ0n) is 40.5. The molecule has 0 aliphatic rings. The Morgan fingerprint density at radius 3 is 1.70 bits per heavy atom. The molecule has 10 amide bonds. The number of carbonyl (C=O) groups is 11. The number of guanidine groups is 1. The van der Waals surface area contributed by atoms with Crippen molar-refractivity contribution in [1.29, 1.82) is 0 Å². The zero-order valence-corrected chi connectivity index (χ0v) is 41.4. The number of nitrogens with zero attached hydrogens (tertiary/aromatic N) is 2. The molecule has 73 heavy (non-hydrogen) atoms. The number of thiol groups is 1. The van der Waals surface area contributed by atoms with Crippen molar-refractivity contribution < 1.29 is 68.1 Å². The average Bonchev–Trinajstić information content (AvgIpc) is 3.83. The van der Waals surface area contributed by atoms with E-state index in [0.29, 0.717) is 25.0 Å². The van der Waals surface area contributed by atoms with E-state index < -0.39 is 133 Å². The number of primary amides is 1. The number of unbranched alkanes of at least 4 members (excludes halogenated alkanes) is 2. The first-order valence-corrected chi connectivity index (χ1v) is 23.7. The largest absolute Gasteiger partial charge is 0.480 e. The minimum atomic E-state index is -1.74. The Morgan fingerprint density at radius 1 is 0.644 bits per heavy atom. The quantitative estimate of drug-likeness (QED) is 0.0128. The molecule has 0 saturated carbocycles. The number of aliphatic hydroxyl groups excluding tert-OH is 1. The number of amides is 10. The molecule has 410 valence electrons. The molecule has 31 nitrogen and oxygen atoms in total. The van der Waals surface area contributed by atoms with Crippen LogP contribution in [0, 0.1) is 0 Å². The third-order valence-corrected chi connectivity index (χ3v) is 10.8. The summed E-state index contributed by atoms with van der Waals surface area (Å²) in [6.45, 7) is 2.16. The molecule has 1 heterocycles. The van der Waals surface area contributed by atoms with Gasteiger partial charge in [0.2, 0.25) is 53.2 Å². The van der Waals surface area contributed by atoms with E-state index >= 15 is 0 Å². The number of nitrogens with two attached hydrogens (primary N) is 5. The number of rotatable bonds is 36. The Labute approximate surface area is 425 Å². The van der Waals surface area contributed by atoms with E-state index in [1.807, 2.05) is 5.32 Å². The van der Waals surface area contributed by atoms with Gasteiger partial charge in [0.15, 0.2) is 5.96 Å². The Hall–Kier alpha value is -7.32. The maximum Gasteiger partial charge on any atom is 0.405 e. The van der Waals surface area contributed by atoms with Crippen LogP contribution in [0.15, 0.2) is 17.5 Å². The summed E-state index contributed by atoms with van der Waals surface area (Å²) in [5.74, 6) is -10.6. The molecule has 1 rings (SSSR count). The SMILES string of the molecule is C[C@H](NC(=O)[C@H](CC(N)=O)NC(=O)[C@H](Cc1cnc[nH]1)NC(=O)O)C(=O)N[C@@H](CCCCN)C(=O)N[C@H](C(=O)N[C@H](CCCCN)C(=O)NCC(=O)N[C@H](CS)C(=O)N[C@@H](CCCN=C(N)N)C(=O)O)[C@@H](C)O. The molecule has 0 bridgehead atoms. The summed E-state index contributed by atoms with van der Waals surface area (Å²) in [6, 6.07) is -11.9. The number of carbonyl (C=O) groups excluding carboxylic acids is 9. The van der Waals surface area contributed by atoms with E-state index in [0.717, 1.165) is 6.92 Å². The summed E-state index contributed by atoms with van der Waals surface area (Å²) in [5.41, 5.74) is 27.5. The Balaban J connectivity index is 3.13. The van der Waals surface area contributed by atoms with Crippen molar-refractivity contribution in [2.24, 2.45) is 33.7 Å². The highest BCUT2D eigenvalue weighted by atomic mass is 32.1. The Morgan fingerprint density at radius 2 is 1.18 bits per heavy atom. The zero-order chi connectivity index (χ0) is 55.2. The van der Waals surface area contributed by atoms with Gasteiger partial charge in [-0.1, -0.05) is 0 Å². The summed E-state index contributed by atoms with van der Waals surface area (Å²) in [5, 5.41) is 50.4. The number of aliphatic imine (C=N–C) groups is 1. The molecule has 0 radical (unpaired) electrons. The predicted molar refractivity (Wildman–Crippen MR) is 262 cm³/mol. The lowest BCUT2D eigenvalue weighted by molar-refractivity contribution is -0.142. The minimum absolute atomic E-state index is 0.0331. The van der Waals surface area contributed by atoms with Crippen molar-refractivity contribution in [2.75, 3.05) is 31.9 Å². The minimum Gasteiger partial charge on any atom is -0.480 e. The highest BCUT2D eigenvalue weighted by molar-refractivity contribution is 7.80. The van der Waals surface area contributed by atoms with E-state index in [1.54, 1.807) is 0 Å². The highest BCUT2D eigenvalue weighted by Crippen LogP contribution is 2.08. The number of aliphatic carboxylic acids is 1. The van der Waals surface area contributed by atoms with Crippen LogP contribution in [0.4, 0.5) is 4.79 Å². The van der Waals surface area contributed by atoms with Gasteiger partial charge in [-0.3, -0.25) is 48.1 Å². The molecule has 0 aliphatic carbocycles. The summed E-state index contributed by atoms with van der Waals surface area (Å²) >= 11 is 4.07. The highest BCUT2D eigenvalue weighted by Gasteiger charge is 2.35. The van der Waals surface area contributed by atoms with Crippen molar-refractivity contribution in [3.63, 3.8) is 0 Å². The van der Waals surface area contributed by atoms with Gasteiger partial charge in [0.25, 0.3) is 0 Å². The maximum absolute atomic E-state index is 13.8. The molecular formula is C41H71N17O14S. The van der Waals surface area contributed by atoms with Crippen molar-refractivity contribution >= 4 is 83.8 Å². The van der Waals surface area contributed by atoms with Gasteiger partial charge in [-0.25, -0.2) is 14.6 Å². The Bertz CT molecular complexity index is 2040. The van der Waals surface area contributed by atoms with Gasteiger partial charge >= 0.3 is 12.1 Å². The van der Waals surface area contributed by atoms with Crippen LogP contribution in [0.1, 0.15) is 77.3 Å². The van der Waals surface area contributed by atoms with Crippen LogP contribution in [-0.2, 0) is 54.4 Å². The van der Waals surface area contributed by atoms with Crippen LogP contribution in [0.2, 0.25) is 0 Å². The molecule has 0 unspecified atom stereocenters. The van der Waals surface area contributed by atoms with Gasteiger partial charge in [0.05, 0.1) is 25.4 Å². The number of hydrogen-bond donors (Lipinski definition) is 19. The molecule has 1 aromatic heterocycles. The summed E-state index contributed by atoms with van der Waals surface area (Å²) in [6.07, 6.45) is -0.171. The third-order valence-electron chi connectivity index (χ3n) is 10.4. The van der Waals surface area contributed by atoms with Gasteiger partial charge in [0.1, 0.15) is 48.3 Å². The second-order valence-electron chi connectivity index (χ2n) is 16.5. The first-order chi connectivity index (χ1) is 34.4. The van der Waals surface area contributed by atoms with Crippen LogP contribution in [0.25, 0.3) is 0 Å². The fraction of sp³-hybridized carbons (Fsp3) is 0.634. The molecule has 0 aromatic carbocycles. The molecule has 32 heteroatoms. The molecule has 9 atom stereocenters. The molecule has 23 N–H and O–H groups in total.